The SMILES string of the molecule is Cc1nn2c3c(cccc13)B1c3c-2cc(N(c2ccccc2)c2ccccc2)cc3-n2nc(C)c3cc4c(c1c32)c1cccc2c3ccccc3n4c21. The summed E-state index contributed by atoms with van der Waals surface area (Å²) in [5, 5.41) is 18.3. The highest BCUT2D eigenvalue weighted by Gasteiger charge is 2.43. The third-order valence-corrected chi connectivity index (χ3v) is 12.0. The summed E-state index contributed by atoms with van der Waals surface area (Å²) in [6, 6.07) is 50.9. The molecule has 7 aromatic carbocycles. The number of nitrogens with zero attached hydrogens (tertiary/aromatic N) is 6. The highest BCUT2D eigenvalue weighted by Crippen LogP contribution is 2.43. The van der Waals surface area contributed by atoms with Crippen LogP contribution in [0.2, 0.25) is 0 Å². The first-order valence-electron chi connectivity index (χ1n) is 18.3. The van der Waals surface area contributed by atoms with E-state index in [1.165, 1.54) is 76.3 Å². The quantitative estimate of drug-likeness (QED) is 0.176. The van der Waals surface area contributed by atoms with Gasteiger partial charge >= 0.3 is 0 Å². The molecule has 7 heteroatoms. The molecule has 0 N–H and O–H groups in total. The summed E-state index contributed by atoms with van der Waals surface area (Å²) in [7, 11) is 0. The molecular weight excluding hydrogens is 647 g/mol. The van der Waals surface area contributed by atoms with Crippen LogP contribution in [0.25, 0.3) is 71.3 Å². The van der Waals surface area contributed by atoms with Crippen LogP contribution in [0.1, 0.15) is 11.4 Å². The fourth-order valence-electron chi connectivity index (χ4n) is 10.0. The number of para-hydroxylation sites is 5. The average molecular weight is 677 g/mol. The molecule has 6 heterocycles. The first-order chi connectivity index (χ1) is 26.2. The zero-order valence-corrected chi connectivity index (χ0v) is 29.0. The Morgan fingerprint density at radius 2 is 1.08 bits per heavy atom. The van der Waals surface area contributed by atoms with Gasteiger partial charge in [0.05, 0.1) is 56.0 Å². The number of aromatic nitrogens is 5. The maximum absolute atomic E-state index is 5.41. The van der Waals surface area contributed by atoms with E-state index in [0.717, 1.165) is 39.8 Å². The minimum absolute atomic E-state index is 0.0181. The number of aryl methyl sites for hydroxylation is 2. The van der Waals surface area contributed by atoms with E-state index in [1.807, 2.05) is 0 Å². The molecule has 0 atom stereocenters. The van der Waals surface area contributed by atoms with E-state index in [9.17, 15) is 0 Å². The van der Waals surface area contributed by atoms with Crippen LogP contribution in [0.4, 0.5) is 17.1 Å². The first kappa shape index (κ1) is 27.8. The highest BCUT2D eigenvalue weighted by atomic mass is 15.3. The van der Waals surface area contributed by atoms with Crippen LogP contribution >= 0.6 is 0 Å². The minimum atomic E-state index is -0.0181. The Morgan fingerprint density at radius 3 is 1.83 bits per heavy atom. The van der Waals surface area contributed by atoms with E-state index < -0.39 is 0 Å². The highest BCUT2D eigenvalue weighted by molar-refractivity contribution is 7.01. The molecule has 0 saturated carbocycles. The van der Waals surface area contributed by atoms with Crippen molar-refractivity contribution in [2.75, 3.05) is 4.90 Å². The van der Waals surface area contributed by atoms with Gasteiger partial charge in [0.1, 0.15) is 0 Å². The standard InChI is InChI=1S/C46H29BN6/c1-26-31-18-12-21-36-45(31)52(48-26)39-23-30(50(28-13-5-3-6-14-28)29-15-7-4-8-16-29)24-40-42(39)47(36)43-41-34-20-11-19-33-32-17-9-10-22-37(32)51(44(33)34)38(41)25-35-27(2)49-53(40)46(35)43/h3-25H,1-2H3. The molecule has 11 aromatic rings. The van der Waals surface area contributed by atoms with Gasteiger partial charge in [0.15, 0.2) is 0 Å². The smallest absolute Gasteiger partial charge is 0.253 e. The number of rotatable bonds is 3. The van der Waals surface area contributed by atoms with Crippen LogP contribution in [0.3, 0.4) is 0 Å². The van der Waals surface area contributed by atoms with Gasteiger partial charge in [0, 0.05) is 43.7 Å². The molecule has 0 saturated heterocycles. The average Bonchev–Trinajstić information content (AvgIpc) is 3.93. The topological polar surface area (TPSA) is 43.3 Å². The van der Waals surface area contributed by atoms with Crippen molar-refractivity contribution in [1.29, 1.82) is 0 Å². The molecule has 13 rings (SSSR count). The molecule has 0 unspecified atom stereocenters. The van der Waals surface area contributed by atoms with Gasteiger partial charge in [-0.2, -0.15) is 10.2 Å². The Kier molecular flexibility index (Phi) is 5.00. The number of hydrogen-bond donors (Lipinski definition) is 0. The maximum atomic E-state index is 5.41. The van der Waals surface area contributed by atoms with E-state index in [2.05, 4.69) is 172 Å². The van der Waals surface area contributed by atoms with Gasteiger partial charge in [-0.05, 0) is 78.8 Å². The van der Waals surface area contributed by atoms with Gasteiger partial charge in [0.25, 0.3) is 6.71 Å². The molecule has 0 spiro atoms. The summed E-state index contributed by atoms with van der Waals surface area (Å²) in [6.45, 7) is 4.29. The molecule has 2 aliphatic rings. The minimum Gasteiger partial charge on any atom is -0.310 e. The predicted octanol–water partition coefficient (Wildman–Crippen LogP) is 8.74. The van der Waals surface area contributed by atoms with Crippen LogP contribution in [-0.4, -0.2) is 30.7 Å². The fourth-order valence-corrected chi connectivity index (χ4v) is 10.0. The van der Waals surface area contributed by atoms with Crippen molar-refractivity contribution in [2.45, 2.75) is 13.8 Å². The van der Waals surface area contributed by atoms with Gasteiger partial charge < -0.3 is 9.30 Å². The van der Waals surface area contributed by atoms with Crippen LogP contribution in [0.15, 0.2) is 140 Å². The van der Waals surface area contributed by atoms with Crippen molar-refractivity contribution in [2.24, 2.45) is 0 Å². The molecule has 2 aliphatic heterocycles. The van der Waals surface area contributed by atoms with Crippen molar-refractivity contribution in [3.05, 3.63) is 151 Å². The Morgan fingerprint density at radius 1 is 0.472 bits per heavy atom. The van der Waals surface area contributed by atoms with E-state index >= 15 is 0 Å². The summed E-state index contributed by atoms with van der Waals surface area (Å²) in [6.07, 6.45) is 0. The van der Waals surface area contributed by atoms with Gasteiger partial charge in [-0.3, -0.25) is 0 Å². The van der Waals surface area contributed by atoms with E-state index in [1.54, 1.807) is 0 Å². The second-order valence-electron chi connectivity index (χ2n) is 14.7. The summed E-state index contributed by atoms with van der Waals surface area (Å²) >= 11 is 0. The second-order valence-corrected chi connectivity index (χ2v) is 14.7. The third-order valence-electron chi connectivity index (χ3n) is 12.0. The predicted molar refractivity (Wildman–Crippen MR) is 219 cm³/mol. The van der Waals surface area contributed by atoms with Crippen molar-refractivity contribution < 1.29 is 0 Å². The van der Waals surface area contributed by atoms with Gasteiger partial charge in [0.2, 0.25) is 0 Å². The molecule has 0 fully saturated rings. The molecule has 6 nitrogen and oxygen atoms in total. The molecule has 0 bridgehead atoms. The Hall–Kier alpha value is -6.86. The van der Waals surface area contributed by atoms with Crippen molar-refractivity contribution >= 4 is 100 Å². The largest absolute Gasteiger partial charge is 0.310 e. The Balaban J connectivity index is 1.24. The number of fused-ring (bicyclic) bond motifs is 11. The lowest BCUT2D eigenvalue weighted by Gasteiger charge is -2.34. The number of benzene rings is 7. The number of hydrogen-bond acceptors (Lipinski definition) is 3. The second kappa shape index (κ2) is 9.52. The zero-order chi connectivity index (χ0) is 34.7. The van der Waals surface area contributed by atoms with Gasteiger partial charge in [-0.25, -0.2) is 9.36 Å². The number of anilines is 3. The normalized spacial score (nSPS) is 13.1. The fraction of sp³-hybridized carbons (Fsp3) is 0.0435. The Bertz CT molecular complexity index is 3330. The van der Waals surface area contributed by atoms with Crippen LogP contribution < -0.4 is 21.3 Å². The van der Waals surface area contributed by atoms with Crippen molar-refractivity contribution in [3.8, 4) is 11.4 Å². The summed E-state index contributed by atoms with van der Waals surface area (Å²) in [4.78, 5) is 2.35. The molecule has 0 amide bonds. The van der Waals surface area contributed by atoms with E-state index in [-0.39, 0.29) is 6.71 Å². The van der Waals surface area contributed by atoms with Crippen LogP contribution in [-0.2, 0) is 0 Å². The summed E-state index contributed by atoms with van der Waals surface area (Å²) in [5.74, 6) is 0. The third kappa shape index (κ3) is 3.28. The van der Waals surface area contributed by atoms with Crippen LogP contribution in [0.5, 0.6) is 0 Å². The van der Waals surface area contributed by atoms with Gasteiger partial charge in [-0.1, -0.05) is 91.0 Å². The van der Waals surface area contributed by atoms with E-state index in [4.69, 9.17) is 10.2 Å². The molecule has 0 radical (unpaired) electrons. The maximum Gasteiger partial charge on any atom is 0.253 e. The van der Waals surface area contributed by atoms with Crippen LogP contribution in [0, 0.1) is 13.8 Å². The lowest BCUT2D eigenvalue weighted by Crippen LogP contribution is -2.59. The molecular formula is C46H29BN6. The molecule has 53 heavy (non-hydrogen) atoms. The summed E-state index contributed by atoms with van der Waals surface area (Å²) in [5.41, 5.74) is 17.6. The van der Waals surface area contributed by atoms with Crippen molar-refractivity contribution in [1.82, 2.24) is 24.0 Å². The molecule has 4 aromatic heterocycles. The zero-order valence-electron chi connectivity index (χ0n) is 29.0. The van der Waals surface area contributed by atoms with E-state index in [0.29, 0.717) is 0 Å². The summed E-state index contributed by atoms with van der Waals surface area (Å²) < 4.78 is 6.98. The first-order valence-corrected chi connectivity index (χ1v) is 18.3. The Labute approximate surface area is 304 Å². The van der Waals surface area contributed by atoms with Crippen molar-refractivity contribution in [3.63, 3.8) is 0 Å². The molecule has 0 aliphatic carbocycles. The molecule has 246 valence electrons. The lowest BCUT2D eigenvalue weighted by atomic mass is 9.33. The monoisotopic (exact) mass is 676 g/mol. The van der Waals surface area contributed by atoms with Gasteiger partial charge in [-0.15, -0.1) is 0 Å². The lowest BCUT2D eigenvalue weighted by molar-refractivity contribution is 0.871.